The molecule has 1 aromatic carbocycles. The number of hydrogen-bond donors (Lipinski definition) is 0. The zero-order valence-corrected chi connectivity index (χ0v) is 18.1. The topological polar surface area (TPSA) is 44.1 Å². The van der Waals surface area contributed by atoms with Crippen molar-refractivity contribution in [2.75, 3.05) is 0 Å². The normalized spacial score (nSPS) is 11.0. The maximum Gasteiger partial charge on any atom is 0.223 e. The first-order valence-corrected chi connectivity index (χ1v) is 9.77. The lowest BCUT2D eigenvalue weighted by atomic mass is 9.92. The van der Waals surface area contributed by atoms with Gasteiger partial charge in [0.05, 0.1) is 12.3 Å². The van der Waals surface area contributed by atoms with E-state index in [0.29, 0.717) is 28.6 Å². The molecule has 0 spiro atoms. The molecule has 0 amide bonds. The van der Waals surface area contributed by atoms with Gasteiger partial charge in [0.25, 0.3) is 0 Å². The van der Waals surface area contributed by atoms with E-state index < -0.39 is 0 Å². The summed E-state index contributed by atoms with van der Waals surface area (Å²) in [6.07, 6.45) is 2.48. The van der Waals surface area contributed by atoms with E-state index in [4.69, 9.17) is 16.3 Å². The van der Waals surface area contributed by atoms with Gasteiger partial charge in [-0.3, -0.25) is 4.79 Å². The van der Waals surface area contributed by atoms with Gasteiger partial charge in [-0.2, -0.15) is 5.10 Å². The number of halogens is 1. The number of nitrogens with zero attached hydrogens (tertiary/aromatic N) is 2. The Morgan fingerprint density at radius 3 is 2.44 bits per heavy atom. The van der Waals surface area contributed by atoms with Gasteiger partial charge in [0.1, 0.15) is 5.56 Å². The number of rotatable bonds is 7. The standard InChI is InChI=1S/C22H29ClN2O2/c1-8-11-25-22(27-14(4)5)18(12-24-25)21(26)17-9-10-19(23)20(16(17)7)15(6)13(2)3/h9-10,12,14H,8,11H2,1-7H3. The lowest BCUT2D eigenvalue weighted by Crippen LogP contribution is -2.14. The number of ether oxygens (including phenoxy) is 1. The molecular formula is C22H29ClN2O2. The molecule has 0 N–H and O–H groups in total. The number of benzene rings is 1. The predicted octanol–water partition coefficient (Wildman–Crippen LogP) is 6.09. The quantitative estimate of drug-likeness (QED) is 0.539. The van der Waals surface area contributed by atoms with Crippen LogP contribution in [0, 0.1) is 6.92 Å². The van der Waals surface area contributed by atoms with Crippen molar-refractivity contribution in [3.63, 3.8) is 0 Å². The summed E-state index contributed by atoms with van der Waals surface area (Å²) in [4.78, 5) is 13.4. The average Bonchev–Trinajstić information content (AvgIpc) is 2.96. The number of aryl methyl sites for hydroxylation is 1. The highest BCUT2D eigenvalue weighted by molar-refractivity contribution is 6.32. The van der Waals surface area contributed by atoms with E-state index in [-0.39, 0.29) is 11.9 Å². The Balaban J connectivity index is 2.60. The van der Waals surface area contributed by atoms with Crippen LogP contribution in [0.15, 0.2) is 23.9 Å². The highest BCUT2D eigenvalue weighted by Crippen LogP contribution is 2.33. The van der Waals surface area contributed by atoms with Gasteiger partial charge in [-0.1, -0.05) is 24.1 Å². The van der Waals surface area contributed by atoms with Gasteiger partial charge in [-0.25, -0.2) is 4.68 Å². The number of carbonyl (C=O) groups is 1. The molecule has 0 aliphatic carbocycles. The molecule has 0 unspecified atom stereocenters. The lowest BCUT2D eigenvalue weighted by Gasteiger charge is -2.16. The molecule has 146 valence electrons. The van der Waals surface area contributed by atoms with E-state index in [2.05, 4.69) is 12.0 Å². The molecule has 0 fully saturated rings. The van der Waals surface area contributed by atoms with Gasteiger partial charge in [0.15, 0.2) is 5.78 Å². The molecule has 0 aliphatic heterocycles. The van der Waals surface area contributed by atoms with Crippen LogP contribution in [0.1, 0.15) is 75.0 Å². The third-order valence-corrected chi connectivity index (χ3v) is 4.92. The molecule has 0 bridgehead atoms. The van der Waals surface area contributed by atoms with Gasteiger partial charge >= 0.3 is 0 Å². The van der Waals surface area contributed by atoms with Gasteiger partial charge in [0.2, 0.25) is 5.88 Å². The monoisotopic (exact) mass is 388 g/mol. The smallest absolute Gasteiger partial charge is 0.223 e. The number of ketones is 1. The van der Waals surface area contributed by atoms with Crippen LogP contribution in [0.4, 0.5) is 0 Å². The summed E-state index contributed by atoms with van der Waals surface area (Å²) in [6, 6.07) is 3.58. The van der Waals surface area contributed by atoms with E-state index in [9.17, 15) is 4.79 Å². The summed E-state index contributed by atoms with van der Waals surface area (Å²) in [6.45, 7) is 14.7. The van der Waals surface area contributed by atoms with Crippen molar-refractivity contribution in [2.24, 2.45) is 0 Å². The largest absolute Gasteiger partial charge is 0.475 e. The number of hydrogen-bond acceptors (Lipinski definition) is 3. The van der Waals surface area contributed by atoms with E-state index >= 15 is 0 Å². The third-order valence-electron chi connectivity index (χ3n) is 4.60. The van der Waals surface area contributed by atoms with Gasteiger partial charge in [-0.15, -0.1) is 0 Å². The molecule has 1 heterocycles. The van der Waals surface area contributed by atoms with Crippen molar-refractivity contribution in [3.05, 3.63) is 51.2 Å². The Morgan fingerprint density at radius 1 is 1.22 bits per heavy atom. The Morgan fingerprint density at radius 2 is 1.89 bits per heavy atom. The zero-order valence-electron chi connectivity index (χ0n) is 17.3. The lowest BCUT2D eigenvalue weighted by molar-refractivity contribution is 0.103. The molecular weight excluding hydrogens is 360 g/mol. The van der Waals surface area contributed by atoms with Crippen molar-refractivity contribution >= 4 is 23.0 Å². The molecule has 0 atom stereocenters. The fraction of sp³-hybridized carbons (Fsp3) is 0.455. The first-order valence-electron chi connectivity index (χ1n) is 9.39. The minimum absolute atomic E-state index is 0.0429. The first kappa shape index (κ1) is 21.2. The van der Waals surface area contributed by atoms with Crippen LogP contribution in [0.25, 0.3) is 5.57 Å². The van der Waals surface area contributed by atoms with Gasteiger partial charge in [0, 0.05) is 17.1 Å². The average molecular weight is 389 g/mol. The highest BCUT2D eigenvalue weighted by Gasteiger charge is 2.24. The summed E-state index contributed by atoms with van der Waals surface area (Å²) < 4.78 is 7.70. The summed E-state index contributed by atoms with van der Waals surface area (Å²) in [7, 11) is 0. The molecule has 2 rings (SSSR count). The van der Waals surface area contributed by atoms with Crippen LogP contribution in [0.3, 0.4) is 0 Å². The Hall–Kier alpha value is -2.07. The summed E-state index contributed by atoms with van der Waals surface area (Å²) >= 11 is 6.45. The van der Waals surface area contributed by atoms with Crippen LogP contribution < -0.4 is 4.74 Å². The zero-order chi connectivity index (χ0) is 20.3. The van der Waals surface area contributed by atoms with Crippen LogP contribution in [-0.2, 0) is 6.54 Å². The van der Waals surface area contributed by atoms with Crippen molar-refractivity contribution in [1.82, 2.24) is 9.78 Å². The second-order valence-electron chi connectivity index (χ2n) is 7.30. The van der Waals surface area contributed by atoms with Crippen molar-refractivity contribution < 1.29 is 9.53 Å². The fourth-order valence-electron chi connectivity index (χ4n) is 3.03. The summed E-state index contributed by atoms with van der Waals surface area (Å²) in [5.41, 5.74) is 5.18. The van der Waals surface area contributed by atoms with E-state index in [0.717, 1.165) is 23.1 Å². The van der Waals surface area contributed by atoms with Crippen LogP contribution in [0.2, 0.25) is 5.02 Å². The molecule has 0 aliphatic rings. The maximum atomic E-state index is 13.4. The Kier molecular flexibility index (Phi) is 6.88. The molecule has 4 nitrogen and oxygen atoms in total. The Bertz CT molecular complexity index is 875. The van der Waals surface area contributed by atoms with Gasteiger partial charge in [-0.05, 0) is 76.8 Å². The second kappa shape index (κ2) is 8.75. The number of allylic oxidation sites excluding steroid dienone is 2. The number of aromatic nitrogens is 2. The predicted molar refractivity (Wildman–Crippen MR) is 112 cm³/mol. The molecule has 27 heavy (non-hydrogen) atoms. The van der Waals surface area contributed by atoms with Crippen LogP contribution >= 0.6 is 11.6 Å². The van der Waals surface area contributed by atoms with Crippen molar-refractivity contribution in [3.8, 4) is 5.88 Å². The Labute approximate surface area is 167 Å². The van der Waals surface area contributed by atoms with E-state index in [1.807, 2.05) is 41.5 Å². The van der Waals surface area contributed by atoms with Crippen LogP contribution in [0.5, 0.6) is 5.88 Å². The van der Waals surface area contributed by atoms with Crippen molar-refractivity contribution in [1.29, 1.82) is 0 Å². The van der Waals surface area contributed by atoms with Crippen molar-refractivity contribution in [2.45, 2.75) is 67.5 Å². The molecule has 0 saturated heterocycles. The molecule has 0 saturated carbocycles. The minimum atomic E-state index is -0.0926. The van der Waals surface area contributed by atoms with E-state index in [1.165, 1.54) is 5.57 Å². The minimum Gasteiger partial charge on any atom is -0.475 e. The fourth-order valence-corrected chi connectivity index (χ4v) is 3.38. The molecule has 1 aromatic heterocycles. The summed E-state index contributed by atoms with van der Waals surface area (Å²) in [5, 5.41) is 5.03. The maximum absolute atomic E-state index is 13.4. The third kappa shape index (κ3) is 4.44. The summed E-state index contributed by atoms with van der Waals surface area (Å²) in [5.74, 6) is 0.441. The van der Waals surface area contributed by atoms with Crippen LogP contribution in [-0.4, -0.2) is 21.7 Å². The SMILES string of the molecule is CCCn1ncc(C(=O)c2ccc(Cl)c(C(C)=C(C)C)c2C)c1OC(C)C. The van der Waals surface area contributed by atoms with E-state index in [1.54, 1.807) is 23.0 Å². The molecule has 2 aromatic rings. The highest BCUT2D eigenvalue weighted by atomic mass is 35.5. The molecule has 0 radical (unpaired) electrons. The molecule has 5 heteroatoms. The number of carbonyl (C=O) groups excluding carboxylic acids is 1. The first-order chi connectivity index (χ1) is 12.7. The van der Waals surface area contributed by atoms with Gasteiger partial charge < -0.3 is 4.74 Å². The second-order valence-corrected chi connectivity index (χ2v) is 7.71.